The fraction of sp³-hybridized carbons (Fsp3) is 0.238. The molecule has 0 bridgehead atoms. The zero-order chi connectivity index (χ0) is 22.2. The molecule has 0 radical (unpaired) electrons. The summed E-state index contributed by atoms with van der Waals surface area (Å²) < 4.78 is 45.2. The zero-order valence-electron chi connectivity index (χ0n) is 16.6. The highest BCUT2D eigenvalue weighted by atomic mass is 32.2. The number of anilines is 1. The lowest BCUT2D eigenvalue weighted by Gasteiger charge is -2.30. The second-order valence-corrected chi connectivity index (χ2v) is 7.45. The van der Waals surface area contributed by atoms with Crippen LogP contribution in [-0.2, 0) is 11.0 Å². The van der Waals surface area contributed by atoms with E-state index in [9.17, 15) is 18.0 Å². The Morgan fingerprint density at radius 2 is 1.84 bits per heavy atom. The molecule has 10 heteroatoms. The van der Waals surface area contributed by atoms with E-state index < -0.39 is 18.0 Å². The maximum atomic E-state index is 13.0. The average molecular weight is 446 g/mol. The molecule has 6 nitrogen and oxygen atoms in total. The van der Waals surface area contributed by atoms with Gasteiger partial charge in [-0.05, 0) is 24.5 Å². The van der Waals surface area contributed by atoms with E-state index >= 15 is 0 Å². The van der Waals surface area contributed by atoms with Crippen molar-refractivity contribution in [3.05, 3.63) is 59.7 Å². The fourth-order valence-corrected chi connectivity index (χ4v) is 3.59. The summed E-state index contributed by atoms with van der Waals surface area (Å²) in [4.78, 5) is 18.8. The molecular formula is C21H17F3N4O2S. The first-order chi connectivity index (χ1) is 14.8. The number of hydrogen-bond acceptors (Lipinski definition) is 6. The van der Waals surface area contributed by atoms with Gasteiger partial charge in [-0.2, -0.15) is 18.2 Å². The third-order valence-corrected chi connectivity index (χ3v) is 5.33. The number of rotatable bonds is 3. The van der Waals surface area contributed by atoms with Crippen molar-refractivity contribution >= 4 is 23.4 Å². The molecule has 1 aromatic heterocycles. The number of hydrogen-bond donors (Lipinski definition) is 0. The average Bonchev–Trinajstić information content (AvgIpc) is 2.92. The summed E-state index contributed by atoms with van der Waals surface area (Å²) in [6, 6.07) is 11.6. The summed E-state index contributed by atoms with van der Waals surface area (Å²) in [5.74, 6) is -0.105. The molecule has 1 atom stereocenters. The maximum absolute atomic E-state index is 13.0. The topological polar surface area (TPSA) is 68.2 Å². The molecule has 0 fully saturated rings. The van der Waals surface area contributed by atoms with Gasteiger partial charge in [0.05, 0.1) is 11.3 Å². The SMILES string of the molecule is CCC(=O)N1c2ccccc2-c2nnc(SC)nc2O[C@H]1c1ccc(C(F)(F)F)cc1. The Kier molecular flexibility index (Phi) is 5.57. The van der Waals surface area contributed by atoms with Crippen LogP contribution in [0.4, 0.5) is 18.9 Å². The van der Waals surface area contributed by atoms with Gasteiger partial charge in [-0.25, -0.2) is 0 Å². The summed E-state index contributed by atoms with van der Waals surface area (Å²) in [6.07, 6.45) is -3.54. The third kappa shape index (κ3) is 3.95. The van der Waals surface area contributed by atoms with E-state index in [-0.39, 0.29) is 18.2 Å². The number of halogens is 3. The molecular weight excluding hydrogens is 429 g/mol. The minimum Gasteiger partial charge on any atom is -0.447 e. The predicted molar refractivity (Wildman–Crippen MR) is 110 cm³/mol. The lowest BCUT2D eigenvalue weighted by Crippen LogP contribution is -2.37. The van der Waals surface area contributed by atoms with Crippen LogP contribution in [0, 0.1) is 0 Å². The first-order valence-electron chi connectivity index (χ1n) is 9.37. The van der Waals surface area contributed by atoms with E-state index in [1.807, 2.05) is 0 Å². The van der Waals surface area contributed by atoms with Gasteiger partial charge in [-0.15, -0.1) is 10.2 Å². The maximum Gasteiger partial charge on any atom is 0.416 e. The number of amides is 1. The van der Waals surface area contributed by atoms with Crippen molar-refractivity contribution in [2.24, 2.45) is 0 Å². The van der Waals surface area contributed by atoms with Crippen LogP contribution < -0.4 is 9.64 Å². The number of alkyl halides is 3. The van der Waals surface area contributed by atoms with Gasteiger partial charge in [0.25, 0.3) is 0 Å². The number of para-hydroxylation sites is 1. The lowest BCUT2D eigenvalue weighted by molar-refractivity contribution is -0.137. The number of carbonyl (C=O) groups excluding carboxylic acids is 1. The van der Waals surface area contributed by atoms with Gasteiger partial charge in [0.1, 0.15) is 0 Å². The predicted octanol–water partition coefficient (Wildman–Crippen LogP) is 5.11. The summed E-state index contributed by atoms with van der Waals surface area (Å²) >= 11 is 1.27. The first-order valence-corrected chi connectivity index (χ1v) is 10.6. The van der Waals surface area contributed by atoms with Crippen LogP contribution in [0.3, 0.4) is 0 Å². The number of ether oxygens (including phenoxy) is 1. The second-order valence-electron chi connectivity index (χ2n) is 6.68. The van der Waals surface area contributed by atoms with Crippen molar-refractivity contribution in [1.29, 1.82) is 0 Å². The number of carbonyl (C=O) groups is 1. The molecule has 0 aliphatic carbocycles. The minimum atomic E-state index is -4.47. The standard InChI is InChI=1S/C21H17F3N4O2S/c1-3-16(29)28-15-7-5-4-6-14(15)17-18(25-20(31-2)27-26-17)30-19(28)12-8-10-13(11-9-12)21(22,23)24/h4-11,19H,3H2,1-2H3/t19-/m0/s1. The van der Waals surface area contributed by atoms with Gasteiger partial charge in [0.2, 0.25) is 23.2 Å². The molecule has 160 valence electrons. The molecule has 2 heterocycles. The molecule has 3 aromatic rings. The van der Waals surface area contributed by atoms with Crippen molar-refractivity contribution in [3.63, 3.8) is 0 Å². The summed E-state index contributed by atoms with van der Waals surface area (Å²) in [7, 11) is 0. The van der Waals surface area contributed by atoms with E-state index in [0.29, 0.717) is 27.7 Å². The third-order valence-electron chi connectivity index (χ3n) is 4.79. The number of thioether (sulfide) groups is 1. The van der Waals surface area contributed by atoms with E-state index in [1.165, 1.54) is 28.8 Å². The molecule has 0 unspecified atom stereocenters. The number of nitrogens with zero attached hydrogens (tertiary/aromatic N) is 4. The normalized spacial score (nSPS) is 15.5. The first kappa shape index (κ1) is 21.1. The number of aromatic nitrogens is 3. The minimum absolute atomic E-state index is 0.156. The van der Waals surface area contributed by atoms with Crippen LogP contribution in [0.1, 0.15) is 30.7 Å². The van der Waals surface area contributed by atoms with Crippen molar-refractivity contribution in [2.45, 2.75) is 30.9 Å². The summed E-state index contributed by atoms with van der Waals surface area (Å²) in [5, 5.41) is 8.68. The monoisotopic (exact) mass is 446 g/mol. The molecule has 0 N–H and O–H groups in total. The summed E-state index contributed by atoms with van der Waals surface area (Å²) in [6.45, 7) is 1.71. The van der Waals surface area contributed by atoms with Crippen LogP contribution >= 0.6 is 11.8 Å². The van der Waals surface area contributed by atoms with Gasteiger partial charge in [-0.3, -0.25) is 9.69 Å². The molecule has 1 aliphatic heterocycles. The van der Waals surface area contributed by atoms with Crippen LogP contribution in [0.2, 0.25) is 0 Å². The van der Waals surface area contributed by atoms with Crippen LogP contribution in [0.25, 0.3) is 11.3 Å². The van der Waals surface area contributed by atoms with Crippen molar-refractivity contribution in [1.82, 2.24) is 15.2 Å². The van der Waals surface area contributed by atoms with Gasteiger partial charge in [0.15, 0.2) is 5.69 Å². The van der Waals surface area contributed by atoms with Gasteiger partial charge < -0.3 is 4.74 Å². The lowest BCUT2D eigenvalue weighted by atomic mass is 10.1. The Hall–Kier alpha value is -3.14. The quantitative estimate of drug-likeness (QED) is 0.521. The molecule has 0 saturated heterocycles. The Morgan fingerprint density at radius 3 is 2.48 bits per heavy atom. The van der Waals surface area contributed by atoms with Gasteiger partial charge in [0, 0.05) is 17.5 Å². The zero-order valence-corrected chi connectivity index (χ0v) is 17.4. The van der Waals surface area contributed by atoms with Crippen molar-refractivity contribution < 1.29 is 22.7 Å². The second kappa shape index (κ2) is 8.18. The van der Waals surface area contributed by atoms with Crippen molar-refractivity contribution in [3.8, 4) is 17.1 Å². The number of fused-ring (bicyclic) bond motifs is 3. The Morgan fingerprint density at radius 1 is 1.13 bits per heavy atom. The van der Waals surface area contributed by atoms with Crippen molar-refractivity contribution in [2.75, 3.05) is 11.2 Å². The van der Waals surface area contributed by atoms with Gasteiger partial charge >= 0.3 is 6.18 Å². The van der Waals surface area contributed by atoms with E-state index in [0.717, 1.165) is 12.1 Å². The van der Waals surface area contributed by atoms with E-state index in [4.69, 9.17) is 4.74 Å². The summed E-state index contributed by atoms with van der Waals surface area (Å²) in [5.41, 5.74) is 1.07. The van der Waals surface area contributed by atoms with Crippen LogP contribution in [-0.4, -0.2) is 27.3 Å². The Bertz CT molecular complexity index is 1120. The Labute approximate surface area is 180 Å². The molecule has 0 spiro atoms. The molecule has 31 heavy (non-hydrogen) atoms. The highest BCUT2D eigenvalue weighted by molar-refractivity contribution is 7.98. The van der Waals surface area contributed by atoms with E-state index in [2.05, 4.69) is 15.2 Å². The molecule has 0 saturated carbocycles. The highest BCUT2D eigenvalue weighted by Crippen LogP contribution is 2.43. The van der Waals surface area contributed by atoms with Crippen LogP contribution in [0.15, 0.2) is 53.7 Å². The van der Waals surface area contributed by atoms with E-state index in [1.54, 1.807) is 37.4 Å². The number of benzene rings is 2. The van der Waals surface area contributed by atoms with Gasteiger partial charge in [-0.1, -0.05) is 49.0 Å². The smallest absolute Gasteiger partial charge is 0.416 e. The van der Waals surface area contributed by atoms with Crippen LogP contribution in [0.5, 0.6) is 5.88 Å². The largest absolute Gasteiger partial charge is 0.447 e. The Balaban J connectivity index is 1.91. The molecule has 1 amide bonds. The molecule has 2 aromatic carbocycles. The fourth-order valence-electron chi connectivity index (χ4n) is 3.29. The highest BCUT2D eigenvalue weighted by Gasteiger charge is 2.36. The molecule has 4 rings (SSSR count). The molecule has 1 aliphatic rings.